The van der Waals surface area contributed by atoms with Gasteiger partial charge in [-0.25, -0.2) is 0 Å². The van der Waals surface area contributed by atoms with Crippen molar-refractivity contribution in [2.45, 2.75) is 0 Å². The molecule has 0 aliphatic carbocycles. The minimum Gasteiger partial charge on any atom is -0.548 e. The van der Waals surface area contributed by atoms with Gasteiger partial charge in [-0.15, -0.1) is 0 Å². The van der Waals surface area contributed by atoms with E-state index in [0.717, 1.165) is 11.1 Å². The summed E-state index contributed by atoms with van der Waals surface area (Å²) < 4.78 is 0. The number of carboxylic acid groups (broad SMARTS) is 1. The zero-order valence-electron chi connectivity index (χ0n) is 10.7. The molecule has 4 heteroatoms. The van der Waals surface area contributed by atoms with Crippen LogP contribution < -0.4 is 56.5 Å². The fourth-order valence-electron chi connectivity index (χ4n) is 1.68. The molecule has 90 valence electrons. The Bertz CT molecular complexity index is 511. The number of carboxylic acids is 1. The molecule has 3 nitrogen and oxygen atoms in total. The molecular weight excluding hydrogens is 265 g/mol. The predicted octanol–water partition coefficient (Wildman–Crippen LogP) is -1.72. The molecule has 0 heterocycles. The topological polar surface area (TPSA) is 52.5 Å². The van der Waals surface area contributed by atoms with Gasteiger partial charge in [0, 0.05) is 11.1 Å². The van der Waals surface area contributed by atoms with Gasteiger partial charge in [0.15, 0.2) is 0 Å². The molecule has 0 spiro atoms. The second-order valence-electron chi connectivity index (χ2n) is 3.77. The summed E-state index contributed by atoms with van der Waals surface area (Å²) in [6.45, 7) is -0.334. The van der Waals surface area contributed by atoms with Gasteiger partial charge in [-0.1, -0.05) is 60.7 Å². The van der Waals surface area contributed by atoms with Crippen molar-refractivity contribution in [2.75, 3.05) is 6.54 Å². The van der Waals surface area contributed by atoms with Gasteiger partial charge in [0.25, 0.3) is 0 Å². The van der Waals surface area contributed by atoms with E-state index >= 15 is 0 Å². The van der Waals surface area contributed by atoms with E-state index in [1.807, 2.05) is 60.7 Å². The molecule has 0 atom stereocenters. The van der Waals surface area contributed by atoms with E-state index < -0.39 is 5.97 Å². The third-order valence-electron chi connectivity index (χ3n) is 2.46. The third-order valence-corrected chi connectivity index (χ3v) is 2.46. The second-order valence-corrected chi connectivity index (χ2v) is 3.77. The van der Waals surface area contributed by atoms with E-state index in [9.17, 15) is 9.90 Å². The summed E-state index contributed by atoms with van der Waals surface area (Å²) in [5, 5.41) is 10.5. The normalized spacial score (nSPS) is 9.26. The summed E-state index contributed by atoms with van der Waals surface area (Å²) in [6, 6.07) is 19.0. The van der Waals surface area contributed by atoms with Crippen LogP contribution in [-0.2, 0) is 4.79 Å². The average Bonchev–Trinajstić information content (AvgIpc) is 2.41. The van der Waals surface area contributed by atoms with Crippen molar-refractivity contribution in [1.82, 2.24) is 0 Å². The van der Waals surface area contributed by atoms with Crippen LogP contribution in [0.1, 0.15) is 11.1 Å². The van der Waals surface area contributed by atoms with Crippen LogP contribution in [0.25, 0.3) is 0 Å². The number of hydrogen-bond acceptors (Lipinski definition) is 3. The van der Waals surface area contributed by atoms with Crippen molar-refractivity contribution >= 4 is 11.7 Å². The van der Waals surface area contributed by atoms with Crippen molar-refractivity contribution in [3.05, 3.63) is 71.8 Å². The maximum Gasteiger partial charge on any atom is 1.00 e. The number of aliphatic carboxylic acids is 1. The molecule has 0 amide bonds. The van der Waals surface area contributed by atoms with Gasteiger partial charge >= 0.3 is 51.4 Å². The van der Waals surface area contributed by atoms with Gasteiger partial charge in [-0.2, -0.15) is 0 Å². The van der Waals surface area contributed by atoms with Crippen LogP contribution in [0.2, 0.25) is 0 Å². The van der Waals surface area contributed by atoms with E-state index in [-0.39, 0.29) is 57.9 Å². The smallest absolute Gasteiger partial charge is 0.548 e. The molecule has 0 fully saturated rings. The summed E-state index contributed by atoms with van der Waals surface area (Å²) in [7, 11) is 0. The Balaban J connectivity index is 0.00000180. The van der Waals surface area contributed by atoms with Crippen molar-refractivity contribution in [3.8, 4) is 0 Å². The second kappa shape index (κ2) is 8.40. The van der Waals surface area contributed by atoms with Crippen molar-refractivity contribution in [1.29, 1.82) is 0 Å². The molecule has 0 saturated carbocycles. The fraction of sp³-hybridized carbons (Fsp3) is 0.0667. The van der Waals surface area contributed by atoms with Crippen LogP contribution in [0.3, 0.4) is 0 Å². The molecule has 0 bridgehead atoms. The Morgan fingerprint density at radius 1 is 0.895 bits per heavy atom. The van der Waals surface area contributed by atoms with Crippen molar-refractivity contribution in [3.63, 3.8) is 0 Å². The summed E-state index contributed by atoms with van der Waals surface area (Å²) in [5.41, 5.74) is 2.45. The quantitative estimate of drug-likeness (QED) is 0.493. The Morgan fingerprint density at radius 3 is 1.68 bits per heavy atom. The summed E-state index contributed by atoms with van der Waals surface area (Å²) in [4.78, 5) is 14.7. The van der Waals surface area contributed by atoms with Gasteiger partial charge in [-0.3, -0.25) is 4.99 Å². The minimum atomic E-state index is -1.18. The molecule has 0 aliphatic rings. The Labute approximate surface area is 154 Å². The predicted molar refractivity (Wildman–Crippen MR) is 68.4 cm³/mol. The Kier molecular flexibility index (Phi) is 7.19. The fourth-order valence-corrected chi connectivity index (χ4v) is 1.68. The number of nitrogens with zero attached hydrogens (tertiary/aromatic N) is 1. The molecule has 2 aromatic rings. The first-order valence-electron chi connectivity index (χ1n) is 5.62. The molecule has 2 aromatic carbocycles. The van der Waals surface area contributed by atoms with Gasteiger partial charge in [0.2, 0.25) is 0 Å². The Hall–Kier alpha value is -0.784. The van der Waals surface area contributed by atoms with Crippen LogP contribution >= 0.6 is 0 Å². The van der Waals surface area contributed by atoms with Crippen molar-refractivity contribution in [2.24, 2.45) is 4.99 Å². The molecule has 19 heavy (non-hydrogen) atoms. The SMILES string of the molecule is O=C([O-])CN=C(c1ccccc1)c1ccccc1.[K+]. The maximum absolute atomic E-state index is 10.5. The van der Waals surface area contributed by atoms with Crippen LogP contribution in [0.15, 0.2) is 65.7 Å². The first-order chi connectivity index (χ1) is 8.77. The van der Waals surface area contributed by atoms with E-state index in [1.54, 1.807) is 0 Å². The van der Waals surface area contributed by atoms with Crippen molar-refractivity contribution < 1.29 is 61.3 Å². The van der Waals surface area contributed by atoms with Crippen LogP contribution in [-0.4, -0.2) is 18.2 Å². The van der Waals surface area contributed by atoms with E-state index in [4.69, 9.17) is 0 Å². The van der Waals surface area contributed by atoms with Gasteiger partial charge in [0.05, 0.1) is 18.2 Å². The first-order valence-corrected chi connectivity index (χ1v) is 5.62. The number of carbonyl (C=O) groups is 1. The summed E-state index contributed by atoms with van der Waals surface area (Å²) in [6.07, 6.45) is 0. The largest absolute Gasteiger partial charge is 1.00 e. The Morgan fingerprint density at radius 2 is 1.32 bits per heavy atom. The third kappa shape index (κ3) is 5.01. The number of benzene rings is 2. The molecule has 0 N–H and O–H groups in total. The number of rotatable bonds is 4. The van der Waals surface area contributed by atoms with Crippen LogP contribution in [0, 0.1) is 0 Å². The average molecular weight is 277 g/mol. The number of aliphatic imine (C=N–C) groups is 1. The maximum atomic E-state index is 10.5. The van der Waals surface area contributed by atoms with E-state index in [2.05, 4.69) is 4.99 Å². The molecule has 2 rings (SSSR count). The van der Waals surface area contributed by atoms with Crippen LogP contribution in [0.4, 0.5) is 0 Å². The summed E-state index contributed by atoms with van der Waals surface area (Å²) >= 11 is 0. The molecule has 0 radical (unpaired) electrons. The van der Waals surface area contributed by atoms with E-state index in [0.29, 0.717) is 5.71 Å². The summed E-state index contributed by atoms with van der Waals surface area (Å²) in [5.74, 6) is -1.18. The zero-order valence-corrected chi connectivity index (χ0v) is 13.9. The number of hydrogen-bond donors (Lipinski definition) is 0. The molecule has 0 saturated heterocycles. The molecule has 0 aliphatic heterocycles. The van der Waals surface area contributed by atoms with Gasteiger partial charge in [0.1, 0.15) is 0 Å². The molecule has 0 unspecified atom stereocenters. The van der Waals surface area contributed by atoms with Gasteiger partial charge in [-0.05, 0) is 0 Å². The van der Waals surface area contributed by atoms with Gasteiger partial charge < -0.3 is 9.90 Å². The zero-order chi connectivity index (χ0) is 12.8. The molecular formula is C15H12KNO2. The first kappa shape index (κ1) is 16.3. The standard InChI is InChI=1S/C15H13NO2.K/c17-14(18)11-16-15(12-7-3-1-4-8-12)13-9-5-2-6-10-13;/h1-10H,11H2,(H,17,18);/q;+1/p-1. The monoisotopic (exact) mass is 277 g/mol. The van der Waals surface area contributed by atoms with Crippen LogP contribution in [0.5, 0.6) is 0 Å². The molecule has 0 aromatic heterocycles. The van der Waals surface area contributed by atoms with E-state index in [1.165, 1.54) is 0 Å². The number of carbonyl (C=O) groups excluding carboxylic acids is 1. The minimum absolute atomic E-state index is 0.